The fraction of sp³-hybridized carbons (Fsp3) is 0.500. The molecule has 3 heteroatoms. The molecule has 0 aromatic carbocycles. The molecule has 1 N–H and O–H groups in total. The van der Waals surface area contributed by atoms with Gasteiger partial charge in [-0.05, 0) is 38.3 Å². The van der Waals surface area contributed by atoms with Crippen molar-refractivity contribution >= 4 is 22.9 Å². The van der Waals surface area contributed by atoms with Gasteiger partial charge in [0.05, 0.1) is 4.34 Å². The highest BCUT2D eigenvalue weighted by Gasteiger charge is 2.02. The zero-order valence-electron chi connectivity index (χ0n) is 9.13. The summed E-state index contributed by atoms with van der Waals surface area (Å²) in [6.45, 7) is 6.86. The normalized spacial score (nSPS) is 12.7. The summed E-state index contributed by atoms with van der Waals surface area (Å²) in [5.41, 5.74) is 0. The molecule has 15 heavy (non-hydrogen) atoms. The van der Waals surface area contributed by atoms with Crippen LogP contribution in [-0.4, -0.2) is 6.04 Å². The Hall–Kier alpha value is -0.310. The van der Waals surface area contributed by atoms with E-state index >= 15 is 0 Å². The van der Waals surface area contributed by atoms with Crippen LogP contribution >= 0.6 is 22.9 Å². The van der Waals surface area contributed by atoms with Crippen LogP contribution in [-0.2, 0) is 6.54 Å². The molecule has 0 aliphatic rings. The quantitative estimate of drug-likeness (QED) is 0.558. The zero-order chi connectivity index (χ0) is 11.1. The minimum Gasteiger partial charge on any atom is -0.309 e. The SMILES string of the molecule is C=CCCCC(C)NCc1ccc(Cl)s1. The van der Waals surface area contributed by atoms with Gasteiger partial charge >= 0.3 is 0 Å². The highest BCUT2D eigenvalue weighted by molar-refractivity contribution is 7.16. The van der Waals surface area contributed by atoms with E-state index in [4.69, 9.17) is 11.6 Å². The molecule has 1 aromatic heterocycles. The van der Waals surface area contributed by atoms with Crippen molar-refractivity contribution in [3.63, 3.8) is 0 Å². The molecular weight excluding hydrogens is 226 g/mol. The van der Waals surface area contributed by atoms with Crippen LogP contribution in [0.15, 0.2) is 24.8 Å². The first-order valence-electron chi connectivity index (χ1n) is 5.31. The van der Waals surface area contributed by atoms with E-state index in [0.29, 0.717) is 6.04 Å². The first-order chi connectivity index (χ1) is 7.22. The predicted molar refractivity (Wildman–Crippen MR) is 69.7 cm³/mol. The fourth-order valence-electron chi connectivity index (χ4n) is 1.39. The summed E-state index contributed by atoms with van der Waals surface area (Å²) in [5, 5.41) is 3.49. The van der Waals surface area contributed by atoms with Gasteiger partial charge in [-0.1, -0.05) is 17.7 Å². The molecule has 0 aliphatic heterocycles. The molecule has 1 atom stereocenters. The standard InChI is InChI=1S/C12H18ClNS/c1-3-4-5-6-10(2)14-9-11-7-8-12(13)15-11/h3,7-8,10,14H,1,4-6,9H2,2H3. The number of hydrogen-bond acceptors (Lipinski definition) is 2. The van der Waals surface area contributed by atoms with Crippen molar-refractivity contribution in [2.24, 2.45) is 0 Å². The lowest BCUT2D eigenvalue weighted by Gasteiger charge is -2.11. The zero-order valence-corrected chi connectivity index (χ0v) is 10.7. The van der Waals surface area contributed by atoms with Gasteiger partial charge in [0.25, 0.3) is 0 Å². The van der Waals surface area contributed by atoms with Gasteiger partial charge < -0.3 is 5.32 Å². The summed E-state index contributed by atoms with van der Waals surface area (Å²) < 4.78 is 0.867. The number of thiophene rings is 1. The van der Waals surface area contributed by atoms with Gasteiger partial charge in [-0.15, -0.1) is 17.9 Å². The van der Waals surface area contributed by atoms with E-state index in [-0.39, 0.29) is 0 Å². The first-order valence-corrected chi connectivity index (χ1v) is 6.50. The van der Waals surface area contributed by atoms with Crippen molar-refractivity contribution in [3.05, 3.63) is 34.0 Å². The Morgan fingerprint density at radius 2 is 2.40 bits per heavy atom. The lowest BCUT2D eigenvalue weighted by Crippen LogP contribution is -2.24. The second-order valence-corrected chi connectivity index (χ2v) is 5.51. The van der Waals surface area contributed by atoms with Gasteiger partial charge in [0.15, 0.2) is 0 Å². The van der Waals surface area contributed by atoms with Gasteiger partial charge in [-0.3, -0.25) is 0 Å². The number of nitrogens with one attached hydrogen (secondary N) is 1. The number of unbranched alkanes of at least 4 members (excludes halogenated alkanes) is 1. The first kappa shape index (κ1) is 12.8. The molecule has 0 radical (unpaired) electrons. The molecule has 0 saturated heterocycles. The van der Waals surface area contributed by atoms with Crippen molar-refractivity contribution in [2.75, 3.05) is 0 Å². The highest BCUT2D eigenvalue weighted by atomic mass is 35.5. The van der Waals surface area contributed by atoms with E-state index in [1.807, 2.05) is 12.1 Å². The van der Waals surface area contributed by atoms with E-state index in [1.165, 1.54) is 17.7 Å². The molecule has 1 heterocycles. The third-order valence-electron chi connectivity index (χ3n) is 2.30. The molecule has 1 aromatic rings. The summed E-state index contributed by atoms with van der Waals surface area (Å²) in [4.78, 5) is 1.30. The lowest BCUT2D eigenvalue weighted by atomic mass is 10.1. The van der Waals surface area contributed by atoms with Gasteiger partial charge in [-0.2, -0.15) is 0 Å². The Kier molecular flexibility index (Phi) is 5.99. The molecule has 84 valence electrons. The van der Waals surface area contributed by atoms with Crippen LogP contribution in [0.2, 0.25) is 4.34 Å². The van der Waals surface area contributed by atoms with E-state index in [1.54, 1.807) is 11.3 Å². The van der Waals surface area contributed by atoms with Crippen molar-refractivity contribution in [3.8, 4) is 0 Å². The molecule has 0 amide bonds. The van der Waals surface area contributed by atoms with Crippen molar-refractivity contribution in [1.29, 1.82) is 0 Å². The molecule has 0 saturated carbocycles. The minimum atomic E-state index is 0.561. The van der Waals surface area contributed by atoms with Crippen molar-refractivity contribution < 1.29 is 0 Å². The monoisotopic (exact) mass is 243 g/mol. The summed E-state index contributed by atoms with van der Waals surface area (Å²) in [5.74, 6) is 0. The Bertz CT molecular complexity index is 296. The van der Waals surface area contributed by atoms with Crippen LogP contribution in [0, 0.1) is 0 Å². The van der Waals surface area contributed by atoms with Gasteiger partial charge in [0, 0.05) is 17.5 Å². The Balaban J connectivity index is 2.16. The van der Waals surface area contributed by atoms with Crippen LogP contribution in [0.3, 0.4) is 0 Å². The molecule has 0 aliphatic carbocycles. The summed E-state index contributed by atoms with van der Waals surface area (Å²) in [6.07, 6.45) is 5.50. The van der Waals surface area contributed by atoms with Crippen molar-refractivity contribution in [2.45, 2.75) is 38.8 Å². The molecule has 1 nitrogen and oxygen atoms in total. The Morgan fingerprint density at radius 1 is 1.60 bits per heavy atom. The molecular formula is C12H18ClNS. The lowest BCUT2D eigenvalue weighted by molar-refractivity contribution is 0.502. The highest BCUT2D eigenvalue weighted by Crippen LogP contribution is 2.21. The average molecular weight is 244 g/mol. The fourth-order valence-corrected chi connectivity index (χ4v) is 2.43. The average Bonchev–Trinajstić information content (AvgIpc) is 2.62. The Morgan fingerprint density at radius 3 is 3.00 bits per heavy atom. The number of halogens is 1. The van der Waals surface area contributed by atoms with E-state index in [2.05, 4.69) is 24.9 Å². The van der Waals surface area contributed by atoms with Crippen molar-refractivity contribution in [1.82, 2.24) is 5.32 Å². The molecule has 0 fully saturated rings. The molecule has 1 unspecified atom stereocenters. The predicted octanol–water partition coefficient (Wildman–Crippen LogP) is 4.24. The van der Waals surface area contributed by atoms with Crippen LogP contribution in [0.5, 0.6) is 0 Å². The van der Waals surface area contributed by atoms with Crippen LogP contribution in [0.4, 0.5) is 0 Å². The second kappa shape index (κ2) is 7.04. The summed E-state index contributed by atoms with van der Waals surface area (Å²) >= 11 is 7.50. The second-order valence-electron chi connectivity index (χ2n) is 3.71. The Labute approximate surface area is 101 Å². The van der Waals surface area contributed by atoms with E-state index < -0.39 is 0 Å². The van der Waals surface area contributed by atoms with Crippen LogP contribution in [0.1, 0.15) is 31.1 Å². The number of rotatable bonds is 7. The summed E-state index contributed by atoms with van der Waals surface area (Å²) in [7, 11) is 0. The summed E-state index contributed by atoms with van der Waals surface area (Å²) in [6, 6.07) is 4.59. The topological polar surface area (TPSA) is 12.0 Å². The third-order valence-corrected chi connectivity index (χ3v) is 3.53. The molecule has 1 rings (SSSR count). The van der Waals surface area contributed by atoms with Gasteiger partial charge in [0.2, 0.25) is 0 Å². The number of hydrogen-bond donors (Lipinski definition) is 1. The van der Waals surface area contributed by atoms with Gasteiger partial charge in [-0.25, -0.2) is 0 Å². The van der Waals surface area contributed by atoms with Crippen LogP contribution < -0.4 is 5.32 Å². The number of allylic oxidation sites excluding steroid dienone is 1. The largest absolute Gasteiger partial charge is 0.309 e. The maximum absolute atomic E-state index is 5.86. The van der Waals surface area contributed by atoms with Gasteiger partial charge in [0.1, 0.15) is 0 Å². The molecule has 0 spiro atoms. The minimum absolute atomic E-state index is 0.561. The smallest absolute Gasteiger partial charge is 0.0931 e. The van der Waals surface area contributed by atoms with Crippen LogP contribution in [0.25, 0.3) is 0 Å². The maximum atomic E-state index is 5.86. The maximum Gasteiger partial charge on any atom is 0.0931 e. The molecule has 0 bridgehead atoms. The van der Waals surface area contributed by atoms with E-state index in [9.17, 15) is 0 Å². The van der Waals surface area contributed by atoms with E-state index in [0.717, 1.165) is 17.3 Å². The third kappa shape index (κ3) is 5.36.